The van der Waals surface area contributed by atoms with Crippen LogP contribution in [0.15, 0.2) is 4.99 Å². The van der Waals surface area contributed by atoms with E-state index in [1.165, 1.54) is 0 Å². The second kappa shape index (κ2) is 2.48. The average Bonchev–Trinajstić information content (AvgIpc) is 2.15. The van der Waals surface area contributed by atoms with E-state index in [0.717, 1.165) is 18.9 Å². The summed E-state index contributed by atoms with van der Waals surface area (Å²) in [4.78, 5) is 14.2. The lowest BCUT2D eigenvalue weighted by atomic mass is 10.4. The Morgan fingerprint density at radius 2 is 2.67 bits per heavy atom. The van der Waals surface area contributed by atoms with Gasteiger partial charge in [-0.15, -0.1) is 0 Å². The van der Waals surface area contributed by atoms with E-state index in [2.05, 4.69) is 10.3 Å². The fraction of sp³-hybridized carbons (Fsp3) is 0.600. The zero-order valence-electron chi connectivity index (χ0n) is 5.05. The molecule has 1 rings (SSSR count). The molecule has 4 heteroatoms. The molecule has 0 spiro atoms. The van der Waals surface area contributed by atoms with Gasteiger partial charge in [0.15, 0.2) is 0 Å². The molecule has 4 nitrogen and oxygen atoms in total. The molecule has 3 N–H and O–H groups in total. The van der Waals surface area contributed by atoms with Crippen molar-refractivity contribution in [2.45, 2.75) is 6.42 Å². The molecule has 0 radical (unpaired) electrons. The molecule has 0 saturated carbocycles. The summed E-state index contributed by atoms with van der Waals surface area (Å²) in [6.07, 6.45) is 0.250. The molecule has 0 atom stereocenters. The minimum absolute atomic E-state index is 0.250. The number of aliphatic imine (C=N–C) groups is 1. The second-order valence-corrected chi connectivity index (χ2v) is 1.90. The molecule has 0 bridgehead atoms. The minimum Gasteiger partial charge on any atom is -0.372 e. The van der Waals surface area contributed by atoms with Gasteiger partial charge in [0.25, 0.3) is 0 Å². The van der Waals surface area contributed by atoms with Crippen molar-refractivity contribution in [3.8, 4) is 0 Å². The summed E-state index contributed by atoms with van der Waals surface area (Å²) in [5.74, 6) is 0.394. The largest absolute Gasteiger partial charge is 0.372 e. The second-order valence-electron chi connectivity index (χ2n) is 1.90. The van der Waals surface area contributed by atoms with Crippen molar-refractivity contribution in [2.75, 3.05) is 13.1 Å². The number of carbonyl (C=O) groups is 1. The number of hydrogen-bond donors (Lipinski definition) is 2. The lowest BCUT2D eigenvalue weighted by Crippen LogP contribution is -2.24. The summed E-state index contributed by atoms with van der Waals surface area (Å²) in [6, 6.07) is 0. The molecule has 1 aliphatic heterocycles. The van der Waals surface area contributed by atoms with Gasteiger partial charge in [0.2, 0.25) is 5.91 Å². The van der Waals surface area contributed by atoms with E-state index in [-0.39, 0.29) is 12.3 Å². The average molecular weight is 127 g/mol. The van der Waals surface area contributed by atoms with Crippen LogP contribution in [0.4, 0.5) is 0 Å². The Balaban J connectivity index is 2.35. The van der Waals surface area contributed by atoms with Crippen molar-refractivity contribution in [1.82, 2.24) is 5.32 Å². The number of amides is 1. The predicted molar refractivity (Wildman–Crippen MR) is 34.1 cm³/mol. The summed E-state index contributed by atoms with van der Waals surface area (Å²) in [5, 5.41) is 2.94. The maximum atomic E-state index is 10.3. The Morgan fingerprint density at radius 3 is 3.11 bits per heavy atom. The molecule has 0 unspecified atom stereocenters. The summed E-state index contributed by atoms with van der Waals surface area (Å²) >= 11 is 0. The highest BCUT2D eigenvalue weighted by Crippen LogP contribution is 1.88. The standard InChI is InChI=1S/C5H9N3O/c6-4(9)3-5-7-1-2-8-5/h1-3H2,(H2,6,9)(H,7,8). The number of nitrogens with two attached hydrogens (primary N) is 1. The smallest absolute Gasteiger partial charge is 0.224 e. The van der Waals surface area contributed by atoms with E-state index in [1.807, 2.05) is 0 Å². The topological polar surface area (TPSA) is 67.5 Å². The summed E-state index contributed by atoms with van der Waals surface area (Å²) in [7, 11) is 0. The van der Waals surface area contributed by atoms with Crippen molar-refractivity contribution in [2.24, 2.45) is 10.7 Å². The van der Waals surface area contributed by atoms with Crippen molar-refractivity contribution in [3.63, 3.8) is 0 Å². The first-order valence-electron chi connectivity index (χ1n) is 2.84. The molecule has 0 fully saturated rings. The van der Waals surface area contributed by atoms with Crippen molar-refractivity contribution in [1.29, 1.82) is 0 Å². The number of nitrogens with zero attached hydrogens (tertiary/aromatic N) is 1. The highest BCUT2D eigenvalue weighted by molar-refractivity contribution is 5.99. The van der Waals surface area contributed by atoms with Crippen molar-refractivity contribution in [3.05, 3.63) is 0 Å². The first kappa shape index (κ1) is 6.07. The van der Waals surface area contributed by atoms with E-state index in [0.29, 0.717) is 0 Å². The fourth-order valence-electron chi connectivity index (χ4n) is 0.730. The van der Waals surface area contributed by atoms with Crippen molar-refractivity contribution < 1.29 is 4.79 Å². The normalized spacial score (nSPS) is 16.7. The van der Waals surface area contributed by atoms with Crippen LogP contribution in [0.5, 0.6) is 0 Å². The summed E-state index contributed by atoms with van der Waals surface area (Å²) in [5.41, 5.74) is 4.91. The molecule has 0 aromatic heterocycles. The first-order chi connectivity index (χ1) is 4.29. The maximum Gasteiger partial charge on any atom is 0.224 e. The third-order valence-corrected chi connectivity index (χ3v) is 1.09. The van der Waals surface area contributed by atoms with Gasteiger partial charge in [-0.25, -0.2) is 0 Å². The molecular weight excluding hydrogens is 118 g/mol. The maximum absolute atomic E-state index is 10.3. The molecule has 50 valence electrons. The van der Waals surface area contributed by atoms with E-state index < -0.39 is 0 Å². The Kier molecular flexibility index (Phi) is 1.67. The van der Waals surface area contributed by atoms with Crippen LogP contribution in [0, 0.1) is 0 Å². The van der Waals surface area contributed by atoms with Crippen LogP contribution in [-0.4, -0.2) is 24.8 Å². The molecule has 1 aliphatic rings. The molecule has 1 amide bonds. The van der Waals surface area contributed by atoms with E-state index in [1.54, 1.807) is 0 Å². The lowest BCUT2D eigenvalue weighted by Gasteiger charge is -1.95. The van der Waals surface area contributed by atoms with Crippen LogP contribution in [0.25, 0.3) is 0 Å². The van der Waals surface area contributed by atoms with Gasteiger partial charge in [-0.2, -0.15) is 0 Å². The third-order valence-electron chi connectivity index (χ3n) is 1.09. The van der Waals surface area contributed by atoms with E-state index >= 15 is 0 Å². The molecule has 1 heterocycles. The number of hydrogen-bond acceptors (Lipinski definition) is 3. The van der Waals surface area contributed by atoms with Gasteiger partial charge < -0.3 is 11.1 Å². The predicted octanol–water partition coefficient (Wildman–Crippen LogP) is -1.14. The number of carbonyl (C=O) groups excluding carboxylic acids is 1. The number of rotatable bonds is 2. The summed E-state index contributed by atoms with van der Waals surface area (Å²) < 4.78 is 0. The SMILES string of the molecule is NC(=O)CC1=NCCN1. The highest BCUT2D eigenvalue weighted by atomic mass is 16.1. The lowest BCUT2D eigenvalue weighted by molar-refractivity contribution is -0.116. The van der Waals surface area contributed by atoms with Crippen LogP contribution in [0.1, 0.15) is 6.42 Å². The minimum atomic E-state index is -0.330. The molecule has 0 saturated heterocycles. The number of amidine groups is 1. The Bertz CT molecular complexity index is 152. The van der Waals surface area contributed by atoms with Gasteiger partial charge in [0.1, 0.15) is 5.84 Å². The molecular formula is C5H9N3O. The van der Waals surface area contributed by atoms with Gasteiger partial charge >= 0.3 is 0 Å². The fourth-order valence-corrected chi connectivity index (χ4v) is 0.730. The Hall–Kier alpha value is -1.06. The zero-order chi connectivity index (χ0) is 6.69. The highest BCUT2D eigenvalue weighted by Gasteiger charge is 2.06. The Labute approximate surface area is 53.1 Å². The van der Waals surface area contributed by atoms with E-state index in [9.17, 15) is 4.79 Å². The number of nitrogens with one attached hydrogen (secondary N) is 1. The quantitative estimate of drug-likeness (QED) is 0.492. The summed E-state index contributed by atoms with van der Waals surface area (Å²) in [6.45, 7) is 1.60. The zero-order valence-corrected chi connectivity index (χ0v) is 5.05. The molecule has 0 aromatic carbocycles. The van der Waals surface area contributed by atoms with Crippen LogP contribution in [-0.2, 0) is 4.79 Å². The van der Waals surface area contributed by atoms with Crippen LogP contribution in [0.2, 0.25) is 0 Å². The molecule has 0 aliphatic carbocycles. The van der Waals surface area contributed by atoms with Crippen molar-refractivity contribution >= 4 is 11.7 Å². The van der Waals surface area contributed by atoms with Gasteiger partial charge in [-0.3, -0.25) is 9.79 Å². The van der Waals surface area contributed by atoms with E-state index in [4.69, 9.17) is 5.73 Å². The van der Waals surface area contributed by atoms with Crippen LogP contribution >= 0.6 is 0 Å². The van der Waals surface area contributed by atoms with Gasteiger partial charge in [-0.05, 0) is 0 Å². The van der Waals surface area contributed by atoms with Gasteiger partial charge in [-0.1, -0.05) is 0 Å². The third kappa shape index (κ3) is 1.71. The first-order valence-corrected chi connectivity index (χ1v) is 2.84. The monoisotopic (exact) mass is 127 g/mol. The molecule has 0 aromatic rings. The molecule has 9 heavy (non-hydrogen) atoms. The number of primary amides is 1. The van der Waals surface area contributed by atoms with Gasteiger partial charge in [0, 0.05) is 6.54 Å². The van der Waals surface area contributed by atoms with Gasteiger partial charge in [0.05, 0.1) is 13.0 Å². The Morgan fingerprint density at radius 1 is 1.89 bits per heavy atom. The van der Waals surface area contributed by atoms with Crippen LogP contribution < -0.4 is 11.1 Å². The van der Waals surface area contributed by atoms with Crippen LogP contribution in [0.3, 0.4) is 0 Å².